The van der Waals surface area contributed by atoms with Gasteiger partial charge in [0, 0.05) is 11.8 Å². The molecule has 6 atom stereocenters. The Morgan fingerprint density at radius 2 is 2.12 bits per heavy atom. The van der Waals surface area contributed by atoms with E-state index in [1.165, 1.54) is 18.4 Å². The summed E-state index contributed by atoms with van der Waals surface area (Å²) in [7, 11) is 0. The summed E-state index contributed by atoms with van der Waals surface area (Å²) in [6.45, 7) is 2.25. The van der Waals surface area contributed by atoms with Crippen molar-refractivity contribution in [3.63, 3.8) is 0 Å². The molecule has 130 valence electrons. The molecule has 0 radical (unpaired) electrons. The van der Waals surface area contributed by atoms with Crippen molar-refractivity contribution in [3.05, 3.63) is 34.0 Å². The predicted octanol–water partition coefficient (Wildman–Crippen LogP) is 4.97. The molecule has 0 amide bonds. The van der Waals surface area contributed by atoms with Crippen LogP contribution in [-0.4, -0.2) is 16.5 Å². The molecule has 0 bridgehead atoms. The third-order valence-corrected chi connectivity index (χ3v) is 8.04. The Balaban J connectivity index is 1.68. The van der Waals surface area contributed by atoms with E-state index in [9.17, 15) is 9.90 Å². The Bertz CT molecular complexity index is 634. The van der Waals surface area contributed by atoms with Crippen LogP contribution in [0.25, 0.3) is 0 Å². The van der Waals surface area contributed by atoms with Crippen molar-refractivity contribution in [3.8, 4) is 0 Å². The van der Waals surface area contributed by atoms with Gasteiger partial charge in [-0.1, -0.05) is 47.2 Å². The number of fused-ring (bicyclic) bond motifs is 5. The normalized spacial score (nSPS) is 47.3. The maximum Gasteiger partial charge on any atom is 0.155 e. The minimum Gasteiger partial charge on any atom is -0.381 e. The van der Waals surface area contributed by atoms with Crippen molar-refractivity contribution in [2.24, 2.45) is 29.1 Å². The molecule has 0 aromatic rings. The highest BCUT2D eigenvalue weighted by molar-refractivity contribution is 14.1. The van der Waals surface area contributed by atoms with E-state index in [2.05, 4.69) is 41.7 Å². The fourth-order valence-electron chi connectivity index (χ4n) is 6.55. The second-order valence-electron chi connectivity index (χ2n) is 8.25. The minimum atomic E-state index is -0.781. The standard InChI is InChI=1S/C21H27IO2/c1-2-20-9-7-17-16-6-4-15(23)13-14(16)3-5-18(17)19(20)8-10-21(20,24)11-12-22/h8,10-13,16-19,24H,2-7,9H2,1H3/b12-11+/t16-,17+,18+,19-,20-,21+/m0/s1. The Labute approximate surface area is 158 Å². The van der Waals surface area contributed by atoms with Gasteiger partial charge in [-0.05, 0) is 78.4 Å². The molecular weight excluding hydrogens is 411 g/mol. The summed E-state index contributed by atoms with van der Waals surface area (Å²) in [5.74, 6) is 2.82. The second kappa shape index (κ2) is 6.08. The monoisotopic (exact) mass is 438 g/mol. The fraction of sp³-hybridized carbons (Fsp3) is 0.667. The first-order valence-electron chi connectivity index (χ1n) is 9.47. The summed E-state index contributed by atoms with van der Waals surface area (Å²) < 4.78 is 1.97. The number of halogens is 1. The van der Waals surface area contributed by atoms with Crippen molar-refractivity contribution in [1.82, 2.24) is 0 Å². The van der Waals surface area contributed by atoms with Gasteiger partial charge in [0.25, 0.3) is 0 Å². The lowest BCUT2D eigenvalue weighted by molar-refractivity contribution is -0.116. The zero-order valence-corrected chi connectivity index (χ0v) is 16.5. The van der Waals surface area contributed by atoms with Crippen LogP contribution in [0, 0.1) is 29.1 Å². The van der Waals surface area contributed by atoms with Gasteiger partial charge in [-0.15, -0.1) is 0 Å². The molecule has 0 aromatic heterocycles. The second-order valence-corrected chi connectivity index (χ2v) is 8.97. The molecule has 0 saturated heterocycles. The lowest BCUT2D eigenvalue weighted by atomic mass is 9.49. The molecule has 0 aliphatic heterocycles. The summed E-state index contributed by atoms with van der Waals surface area (Å²) in [6, 6.07) is 0. The molecule has 4 rings (SSSR count). The molecule has 2 saturated carbocycles. The van der Waals surface area contributed by atoms with Crippen molar-refractivity contribution in [1.29, 1.82) is 0 Å². The number of aliphatic hydroxyl groups is 1. The number of hydrogen-bond acceptors (Lipinski definition) is 2. The Hall–Kier alpha value is -0.420. The zero-order chi connectivity index (χ0) is 16.9. The molecule has 0 unspecified atom stereocenters. The first-order chi connectivity index (χ1) is 11.5. The molecule has 2 nitrogen and oxygen atoms in total. The van der Waals surface area contributed by atoms with E-state index in [1.807, 2.05) is 16.2 Å². The number of carbonyl (C=O) groups excluding carboxylic acids is 1. The summed E-state index contributed by atoms with van der Waals surface area (Å²) in [4.78, 5) is 11.8. The average Bonchev–Trinajstić information content (AvgIpc) is 2.88. The molecule has 2 fully saturated rings. The van der Waals surface area contributed by atoms with Crippen LogP contribution >= 0.6 is 22.6 Å². The van der Waals surface area contributed by atoms with Crippen LogP contribution < -0.4 is 0 Å². The van der Waals surface area contributed by atoms with Crippen molar-refractivity contribution < 1.29 is 9.90 Å². The third-order valence-electron chi connectivity index (χ3n) is 7.68. The number of hydrogen-bond donors (Lipinski definition) is 1. The van der Waals surface area contributed by atoms with Crippen LogP contribution in [0.1, 0.15) is 51.9 Å². The first-order valence-corrected chi connectivity index (χ1v) is 10.7. The lowest BCUT2D eigenvalue weighted by Crippen LogP contribution is -2.53. The molecule has 24 heavy (non-hydrogen) atoms. The number of allylic oxidation sites excluding steroid dienone is 3. The summed E-state index contributed by atoms with van der Waals surface area (Å²) in [5, 5.41) is 11.4. The highest BCUT2D eigenvalue weighted by Gasteiger charge is 2.60. The van der Waals surface area contributed by atoms with Gasteiger partial charge in [-0.25, -0.2) is 0 Å². The fourth-order valence-corrected chi connectivity index (χ4v) is 7.10. The van der Waals surface area contributed by atoms with Crippen molar-refractivity contribution >= 4 is 28.4 Å². The van der Waals surface area contributed by atoms with E-state index in [-0.39, 0.29) is 5.41 Å². The largest absolute Gasteiger partial charge is 0.381 e. The highest BCUT2D eigenvalue weighted by atomic mass is 127. The van der Waals surface area contributed by atoms with Crippen LogP contribution in [0.5, 0.6) is 0 Å². The van der Waals surface area contributed by atoms with Crippen molar-refractivity contribution in [2.75, 3.05) is 0 Å². The topological polar surface area (TPSA) is 37.3 Å². The molecule has 4 aliphatic rings. The van der Waals surface area contributed by atoms with Gasteiger partial charge in [-0.2, -0.15) is 0 Å². The number of carbonyl (C=O) groups is 1. The van der Waals surface area contributed by atoms with E-state index >= 15 is 0 Å². The van der Waals surface area contributed by atoms with Gasteiger partial charge in [0.2, 0.25) is 0 Å². The molecule has 3 heteroatoms. The van der Waals surface area contributed by atoms with Crippen LogP contribution in [0.3, 0.4) is 0 Å². The number of rotatable bonds is 2. The molecular formula is C21H27IO2. The summed E-state index contributed by atoms with van der Waals surface area (Å²) in [6.07, 6.45) is 15.8. The van der Waals surface area contributed by atoms with E-state index in [1.54, 1.807) is 0 Å². The number of ketones is 1. The van der Waals surface area contributed by atoms with Crippen LogP contribution in [0.2, 0.25) is 0 Å². The SMILES string of the molecule is CC[C@]12CC[C@H]3[C@@H](CCC4=CC(=O)CC[C@@H]43)[C@@H]1C=C[C@@]2(O)/C=C/I. The Morgan fingerprint density at radius 3 is 2.88 bits per heavy atom. The third kappa shape index (κ3) is 2.26. The van der Waals surface area contributed by atoms with E-state index in [4.69, 9.17) is 0 Å². The van der Waals surface area contributed by atoms with Gasteiger partial charge in [-0.3, -0.25) is 4.79 Å². The van der Waals surface area contributed by atoms with Crippen LogP contribution in [0.15, 0.2) is 34.0 Å². The first kappa shape index (κ1) is 17.0. The predicted molar refractivity (Wildman–Crippen MR) is 105 cm³/mol. The van der Waals surface area contributed by atoms with Crippen LogP contribution in [-0.2, 0) is 4.79 Å². The summed E-state index contributed by atoms with van der Waals surface area (Å²) >= 11 is 2.22. The van der Waals surface area contributed by atoms with Gasteiger partial charge in [0.1, 0.15) is 5.60 Å². The average molecular weight is 438 g/mol. The van der Waals surface area contributed by atoms with Gasteiger partial charge >= 0.3 is 0 Å². The van der Waals surface area contributed by atoms with Crippen molar-refractivity contribution in [2.45, 2.75) is 57.5 Å². The molecule has 0 spiro atoms. The summed E-state index contributed by atoms with van der Waals surface area (Å²) in [5.41, 5.74) is 0.625. The Kier molecular flexibility index (Phi) is 4.31. The highest BCUT2D eigenvalue weighted by Crippen LogP contribution is 2.64. The molecule has 0 aromatic carbocycles. The lowest BCUT2D eigenvalue weighted by Gasteiger charge is -2.56. The quantitative estimate of drug-likeness (QED) is 0.488. The van der Waals surface area contributed by atoms with Gasteiger partial charge < -0.3 is 5.11 Å². The van der Waals surface area contributed by atoms with Crippen LogP contribution in [0.4, 0.5) is 0 Å². The maximum absolute atomic E-state index is 11.8. The Morgan fingerprint density at radius 1 is 1.29 bits per heavy atom. The maximum atomic E-state index is 11.8. The van der Waals surface area contributed by atoms with E-state index in [0.29, 0.717) is 29.5 Å². The molecule has 1 N–H and O–H groups in total. The minimum absolute atomic E-state index is 0.0262. The van der Waals surface area contributed by atoms with E-state index < -0.39 is 5.60 Å². The zero-order valence-electron chi connectivity index (χ0n) is 14.4. The van der Waals surface area contributed by atoms with Gasteiger partial charge in [0.05, 0.1) is 0 Å². The smallest absolute Gasteiger partial charge is 0.155 e. The van der Waals surface area contributed by atoms with Gasteiger partial charge in [0.15, 0.2) is 5.78 Å². The molecule has 4 aliphatic carbocycles. The molecule has 0 heterocycles. The van der Waals surface area contributed by atoms with E-state index in [0.717, 1.165) is 32.1 Å².